The normalized spacial score (nSPS) is 16.5. The van der Waals surface area contributed by atoms with Crippen LogP contribution in [0.4, 0.5) is 23.0 Å². The first-order valence-electron chi connectivity index (χ1n) is 12.1. The van der Waals surface area contributed by atoms with Crippen molar-refractivity contribution in [3.63, 3.8) is 0 Å². The van der Waals surface area contributed by atoms with Gasteiger partial charge in [-0.3, -0.25) is 4.79 Å². The second kappa shape index (κ2) is 10.0. The lowest BCUT2D eigenvalue weighted by molar-refractivity contribution is -0.119. The number of nitrogens with zero attached hydrogens (tertiary/aromatic N) is 3. The van der Waals surface area contributed by atoms with Gasteiger partial charge >= 0.3 is 0 Å². The Kier molecular flexibility index (Phi) is 6.51. The van der Waals surface area contributed by atoms with Crippen molar-refractivity contribution in [3.05, 3.63) is 60.8 Å². The summed E-state index contributed by atoms with van der Waals surface area (Å²) in [5.74, 6) is 0.867. The molecule has 1 aliphatic carbocycles. The Morgan fingerprint density at radius 1 is 0.818 bits per heavy atom. The van der Waals surface area contributed by atoms with E-state index in [9.17, 15) is 4.79 Å². The molecule has 33 heavy (non-hydrogen) atoms. The maximum Gasteiger partial charge on any atom is 0.227 e. The number of benzene rings is 2. The van der Waals surface area contributed by atoms with Gasteiger partial charge in [0.25, 0.3) is 0 Å². The molecule has 2 heterocycles. The summed E-state index contributed by atoms with van der Waals surface area (Å²) in [6, 6.07) is 18.3. The highest BCUT2D eigenvalue weighted by Crippen LogP contribution is 2.27. The van der Waals surface area contributed by atoms with Crippen LogP contribution >= 0.6 is 0 Å². The number of aromatic nitrogens is 2. The molecule has 2 fully saturated rings. The Bertz CT molecular complexity index is 1070. The van der Waals surface area contributed by atoms with Gasteiger partial charge in [0.1, 0.15) is 0 Å². The van der Waals surface area contributed by atoms with Gasteiger partial charge in [0, 0.05) is 47.8 Å². The zero-order valence-electron chi connectivity index (χ0n) is 19.0. The van der Waals surface area contributed by atoms with Crippen LogP contribution in [0.25, 0.3) is 11.3 Å². The van der Waals surface area contributed by atoms with Gasteiger partial charge in [0.05, 0.1) is 5.69 Å². The van der Waals surface area contributed by atoms with Crippen molar-refractivity contribution in [2.45, 2.75) is 44.9 Å². The highest BCUT2D eigenvalue weighted by Gasteiger charge is 2.22. The van der Waals surface area contributed by atoms with Crippen molar-refractivity contribution in [2.24, 2.45) is 5.92 Å². The molecular formula is C27H31N5O. The maximum absolute atomic E-state index is 12.4. The second-order valence-electron chi connectivity index (χ2n) is 9.03. The summed E-state index contributed by atoms with van der Waals surface area (Å²) in [5, 5.41) is 6.36. The van der Waals surface area contributed by atoms with E-state index in [1.165, 1.54) is 24.9 Å². The summed E-state index contributed by atoms with van der Waals surface area (Å²) < 4.78 is 0. The highest BCUT2D eigenvalue weighted by atomic mass is 16.1. The van der Waals surface area contributed by atoms with E-state index < -0.39 is 0 Å². The summed E-state index contributed by atoms with van der Waals surface area (Å²) in [5.41, 5.74) is 4.90. The minimum atomic E-state index is 0.139. The molecule has 1 aromatic heterocycles. The van der Waals surface area contributed by atoms with Gasteiger partial charge in [-0.2, -0.15) is 0 Å². The van der Waals surface area contributed by atoms with E-state index in [-0.39, 0.29) is 11.8 Å². The second-order valence-corrected chi connectivity index (χ2v) is 9.03. The summed E-state index contributed by atoms with van der Waals surface area (Å²) in [7, 11) is 0. The Balaban J connectivity index is 1.23. The minimum Gasteiger partial charge on any atom is -0.372 e. The van der Waals surface area contributed by atoms with Crippen molar-refractivity contribution in [1.29, 1.82) is 0 Å². The van der Waals surface area contributed by atoms with Crippen LogP contribution in [0, 0.1) is 5.92 Å². The molecule has 1 saturated carbocycles. The van der Waals surface area contributed by atoms with Crippen LogP contribution in [0.3, 0.4) is 0 Å². The zero-order valence-corrected chi connectivity index (χ0v) is 19.0. The lowest BCUT2D eigenvalue weighted by Gasteiger charge is -2.28. The molecule has 1 amide bonds. The van der Waals surface area contributed by atoms with Gasteiger partial charge in [-0.05, 0) is 74.6 Å². The molecule has 0 radical (unpaired) electrons. The third-order valence-electron chi connectivity index (χ3n) is 6.67. The highest BCUT2D eigenvalue weighted by molar-refractivity contribution is 5.92. The Morgan fingerprint density at radius 3 is 2.24 bits per heavy atom. The molecule has 0 bridgehead atoms. The number of amides is 1. The van der Waals surface area contributed by atoms with Crippen LogP contribution < -0.4 is 15.5 Å². The Hall–Kier alpha value is -3.41. The standard InChI is InChI=1S/C27H31N5O/c33-26(21-6-2-3-7-21)29-22-10-8-20(9-11-22)25-16-17-28-27(31-25)30-23-12-14-24(15-13-23)32-18-4-1-5-19-32/h8-17,21H,1-7,18-19H2,(H,29,33)(H,28,30,31). The number of carbonyl (C=O) groups excluding carboxylic acids is 1. The molecule has 2 N–H and O–H groups in total. The summed E-state index contributed by atoms with van der Waals surface area (Å²) in [6.07, 6.45) is 9.96. The zero-order chi connectivity index (χ0) is 22.5. The summed E-state index contributed by atoms with van der Waals surface area (Å²) in [6.45, 7) is 2.28. The van der Waals surface area contributed by atoms with E-state index >= 15 is 0 Å². The average Bonchev–Trinajstić information content (AvgIpc) is 3.41. The van der Waals surface area contributed by atoms with Crippen LogP contribution in [-0.4, -0.2) is 29.0 Å². The smallest absolute Gasteiger partial charge is 0.227 e. The molecular weight excluding hydrogens is 410 g/mol. The Labute approximate surface area is 195 Å². The van der Waals surface area contributed by atoms with Gasteiger partial charge in [-0.1, -0.05) is 25.0 Å². The molecule has 1 aliphatic heterocycles. The largest absolute Gasteiger partial charge is 0.372 e. The van der Waals surface area contributed by atoms with Gasteiger partial charge < -0.3 is 15.5 Å². The van der Waals surface area contributed by atoms with E-state index in [2.05, 4.69) is 49.8 Å². The molecule has 0 atom stereocenters. The molecule has 1 saturated heterocycles. The van der Waals surface area contributed by atoms with Crippen molar-refractivity contribution >= 4 is 28.9 Å². The average molecular weight is 442 g/mol. The van der Waals surface area contributed by atoms with Gasteiger partial charge in [0.15, 0.2) is 0 Å². The van der Waals surface area contributed by atoms with Gasteiger partial charge in [-0.15, -0.1) is 0 Å². The van der Waals surface area contributed by atoms with E-state index in [1.807, 2.05) is 30.3 Å². The predicted octanol–water partition coefficient (Wildman–Crippen LogP) is 6.01. The fourth-order valence-corrected chi connectivity index (χ4v) is 4.77. The lowest BCUT2D eigenvalue weighted by Crippen LogP contribution is -2.29. The number of anilines is 4. The first kappa shape index (κ1) is 21.4. The first-order chi connectivity index (χ1) is 16.2. The van der Waals surface area contributed by atoms with Crippen molar-refractivity contribution < 1.29 is 4.79 Å². The summed E-state index contributed by atoms with van der Waals surface area (Å²) >= 11 is 0. The van der Waals surface area contributed by atoms with Gasteiger partial charge in [-0.25, -0.2) is 9.97 Å². The molecule has 0 spiro atoms. The fraction of sp³-hybridized carbons (Fsp3) is 0.370. The fourth-order valence-electron chi connectivity index (χ4n) is 4.77. The molecule has 6 nitrogen and oxygen atoms in total. The van der Waals surface area contributed by atoms with Crippen LogP contribution in [-0.2, 0) is 4.79 Å². The number of rotatable bonds is 6. The lowest BCUT2D eigenvalue weighted by atomic mass is 10.1. The molecule has 0 unspecified atom stereocenters. The number of nitrogens with one attached hydrogen (secondary N) is 2. The topological polar surface area (TPSA) is 70.2 Å². The van der Waals surface area contributed by atoms with Crippen LogP contribution in [0.2, 0.25) is 0 Å². The van der Waals surface area contributed by atoms with Crippen molar-refractivity contribution in [3.8, 4) is 11.3 Å². The molecule has 6 heteroatoms. The predicted molar refractivity (Wildman–Crippen MR) is 134 cm³/mol. The molecule has 5 rings (SSSR count). The molecule has 170 valence electrons. The Morgan fingerprint density at radius 2 is 1.52 bits per heavy atom. The maximum atomic E-state index is 12.4. The molecule has 2 aliphatic rings. The van der Waals surface area contributed by atoms with Crippen LogP contribution in [0.1, 0.15) is 44.9 Å². The third-order valence-corrected chi connectivity index (χ3v) is 6.67. The van der Waals surface area contributed by atoms with Crippen molar-refractivity contribution in [1.82, 2.24) is 9.97 Å². The van der Waals surface area contributed by atoms with E-state index in [1.54, 1.807) is 6.20 Å². The third kappa shape index (κ3) is 5.33. The van der Waals surface area contributed by atoms with Crippen LogP contribution in [0.5, 0.6) is 0 Å². The summed E-state index contributed by atoms with van der Waals surface area (Å²) in [4.78, 5) is 23.9. The molecule has 2 aromatic carbocycles. The monoisotopic (exact) mass is 441 g/mol. The molecule has 3 aromatic rings. The number of hydrogen-bond donors (Lipinski definition) is 2. The van der Waals surface area contributed by atoms with E-state index in [0.717, 1.165) is 61.4 Å². The number of hydrogen-bond acceptors (Lipinski definition) is 5. The van der Waals surface area contributed by atoms with Crippen molar-refractivity contribution in [2.75, 3.05) is 28.6 Å². The SMILES string of the molecule is O=C(Nc1ccc(-c2ccnc(Nc3ccc(N4CCCCC4)cc3)n2)cc1)C1CCCC1. The van der Waals surface area contributed by atoms with Crippen LogP contribution in [0.15, 0.2) is 60.8 Å². The van der Waals surface area contributed by atoms with Gasteiger partial charge in [0.2, 0.25) is 11.9 Å². The minimum absolute atomic E-state index is 0.139. The first-order valence-corrected chi connectivity index (χ1v) is 12.1. The quantitative estimate of drug-likeness (QED) is 0.490. The number of carbonyl (C=O) groups is 1. The van der Waals surface area contributed by atoms with E-state index in [4.69, 9.17) is 0 Å². The van der Waals surface area contributed by atoms with E-state index in [0.29, 0.717) is 5.95 Å². The number of piperidine rings is 1.